The first kappa shape index (κ1) is 17.5. The van der Waals surface area contributed by atoms with Crippen molar-refractivity contribution in [2.45, 2.75) is 19.4 Å². The molecule has 5 heteroatoms. The van der Waals surface area contributed by atoms with Crippen molar-refractivity contribution in [2.75, 3.05) is 13.6 Å². The van der Waals surface area contributed by atoms with Gasteiger partial charge < -0.3 is 15.4 Å². The standard InChI is InChI=1S/C19H22N2O3/c1-14(19(23)21-13-12-18(22)20-2)24-17-10-8-16(9-11-17)15-6-4-3-5-7-15/h3-11,14H,12-13H2,1-2H3,(H,20,22)(H,21,23). The third-order valence-electron chi connectivity index (χ3n) is 3.57. The molecule has 0 aromatic heterocycles. The molecule has 1 unspecified atom stereocenters. The van der Waals surface area contributed by atoms with Gasteiger partial charge in [0.25, 0.3) is 5.91 Å². The Kier molecular flexibility index (Phi) is 6.37. The molecule has 2 amide bonds. The molecular weight excluding hydrogens is 304 g/mol. The molecule has 0 aliphatic carbocycles. The number of amides is 2. The quantitative estimate of drug-likeness (QED) is 0.821. The second-order valence-electron chi connectivity index (χ2n) is 5.36. The molecule has 2 N–H and O–H groups in total. The lowest BCUT2D eigenvalue weighted by atomic mass is 10.1. The Morgan fingerprint density at radius 1 is 1.00 bits per heavy atom. The predicted octanol–water partition coefficient (Wildman–Crippen LogP) is 2.37. The van der Waals surface area contributed by atoms with Gasteiger partial charge in [0.2, 0.25) is 5.91 Å². The molecule has 0 radical (unpaired) electrons. The summed E-state index contributed by atoms with van der Waals surface area (Å²) in [6, 6.07) is 17.6. The third-order valence-corrected chi connectivity index (χ3v) is 3.57. The van der Waals surface area contributed by atoms with Crippen LogP contribution in [0.15, 0.2) is 54.6 Å². The largest absolute Gasteiger partial charge is 0.481 e. The Morgan fingerprint density at radius 2 is 1.62 bits per heavy atom. The lowest BCUT2D eigenvalue weighted by Gasteiger charge is -2.15. The number of benzene rings is 2. The first-order chi connectivity index (χ1) is 11.6. The first-order valence-electron chi connectivity index (χ1n) is 7.90. The molecule has 24 heavy (non-hydrogen) atoms. The summed E-state index contributed by atoms with van der Waals surface area (Å²) < 4.78 is 5.64. The number of carbonyl (C=O) groups is 2. The fourth-order valence-corrected chi connectivity index (χ4v) is 2.18. The zero-order valence-electron chi connectivity index (χ0n) is 13.9. The summed E-state index contributed by atoms with van der Waals surface area (Å²) in [5.41, 5.74) is 2.22. The van der Waals surface area contributed by atoms with Crippen molar-refractivity contribution in [1.29, 1.82) is 0 Å². The van der Waals surface area contributed by atoms with Gasteiger partial charge in [-0.3, -0.25) is 9.59 Å². The molecule has 0 saturated heterocycles. The molecule has 0 aliphatic heterocycles. The molecule has 2 aromatic rings. The molecular formula is C19H22N2O3. The first-order valence-corrected chi connectivity index (χ1v) is 7.90. The van der Waals surface area contributed by atoms with E-state index in [2.05, 4.69) is 10.6 Å². The van der Waals surface area contributed by atoms with Crippen molar-refractivity contribution in [3.63, 3.8) is 0 Å². The van der Waals surface area contributed by atoms with Crippen molar-refractivity contribution in [3.8, 4) is 16.9 Å². The van der Waals surface area contributed by atoms with E-state index in [1.54, 1.807) is 14.0 Å². The maximum absolute atomic E-state index is 11.9. The van der Waals surface area contributed by atoms with E-state index < -0.39 is 6.10 Å². The van der Waals surface area contributed by atoms with Gasteiger partial charge in [-0.2, -0.15) is 0 Å². The van der Waals surface area contributed by atoms with Crippen LogP contribution in [-0.4, -0.2) is 31.5 Å². The Labute approximate surface area is 142 Å². The van der Waals surface area contributed by atoms with E-state index in [4.69, 9.17) is 4.74 Å². The monoisotopic (exact) mass is 326 g/mol. The van der Waals surface area contributed by atoms with E-state index in [1.165, 1.54) is 0 Å². The average molecular weight is 326 g/mol. The maximum Gasteiger partial charge on any atom is 0.260 e. The van der Waals surface area contributed by atoms with Crippen molar-refractivity contribution in [1.82, 2.24) is 10.6 Å². The topological polar surface area (TPSA) is 67.4 Å². The van der Waals surface area contributed by atoms with Crippen LogP contribution in [-0.2, 0) is 9.59 Å². The van der Waals surface area contributed by atoms with Gasteiger partial charge in [-0.15, -0.1) is 0 Å². The molecule has 0 heterocycles. The lowest BCUT2D eigenvalue weighted by molar-refractivity contribution is -0.127. The fraction of sp³-hybridized carbons (Fsp3) is 0.263. The normalized spacial score (nSPS) is 11.4. The van der Waals surface area contributed by atoms with Crippen molar-refractivity contribution in [2.24, 2.45) is 0 Å². The van der Waals surface area contributed by atoms with Crippen molar-refractivity contribution in [3.05, 3.63) is 54.6 Å². The third kappa shape index (κ3) is 5.12. The van der Waals surface area contributed by atoms with Crippen LogP contribution in [0.5, 0.6) is 5.75 Å². The Bertz CT molecular complexity index is 669. The molecule has 0 bridgehead atoms. The summed E-state index contributed by atoms with van der Waals surface area (Å²) in [6.07, 6.45) is -0.377. The number of ether oxygens (including phenoxy) is 1. The van der Waals surface area contributed by atoms with Crippen LogP contribution in [0, 0.1) is 0 Å². The molecule has 0 aliphatic rings. The minimum Gasteiger partial charge on any atom is -0.481 e. The highest BCUT2D eigenvalue weighted by molar-refractivity contribution is 5.82. The second kappa shape index (κ2) is 8.72. The van der Waals surface area contributed by atoms with Crippen molar-refractivity contribution < 1.29 is 14.3 Å². The molecule has 0 saturated carbocycles. The van der Waals surface area contributed by atoms with E-state index >= 15 is 0 Å². The minimum atomic E-state index is -0.628. The van der Waals surface area contributed by atoms with Crippen LogP contribution in [0.4, 0.5) is 0 Å². The van der Waals surface area contributed by atoms with Gasteiger partial charge in [0, 0.05) is 20.0 Å². The van der Waals surface area contributed by atoms with Gasteiger partial charge in [-0.05, 0) is 30.2 Å². The van der Waals surface area contributed by atoms with Crippen molar-refractivity contribution >= 4 is 11.8 Å². The summed E-state index contributed by atoms with van der Waals surface area (Å²) in [6.45, 7) is 1.97. The number of hydrogen-bond acceptors (Lipinski definition) is 3. The maximum atomic E-state index is 11.9. The Morgan fingerprint density at radius 3 is 2.25 bits per heavy atom. The molecule has 1 atom stereocenters. The van der Waals surface area contributed by atoms with Crippen LogP contribution in [0.2, 0.25) is 0 Å². The van der Waals surface area contributed by atoms with Crippen LogP contribution < -0.4 is 15.4 Å². The van der Waals surface area contributed by atoms with Gasteiger partial charge in [0.05, 0.1) is 0 Å². The van der Waals surface area contributed by atoms with E-state index in [0.29, 0.717) is 12.3 Å². The van der Waals surface area contributed by atoms with E-state index in [9.17, 15) is 9.59 Å². The highest BCUT2D eigenvalue weighted by atomic mass is 16.5. The summed E-state index contributed by atoms with van der Waals surface area (Å²) >= 11 is 0. The summed E-state index contributed by atoms with van der Waals surface area (Å²) in [7, 11) is 1.56. The smallest absolute Gasteiger partial charge is 0.260 e. The van der Waals surface area contributed by atoms with Crippen LogP contribution in [0.3, 0.4) is 0 Å². The lowest BCUT2D eigenvalue weighted by Crippen LogP contribution is -2.38. The number of carbonyl (C=O) groups excluding carboxylic acids is 2. The van der Waals surface area contributed by atoms with Gasteiger partial charge in [-0.25, -0.2) is 0 Å². The van der Waals surface area contributed by atoms with Gasteiger partial charge >= 0.3 is 0 Å². The Balaban J connectivity index is 1.86. The average Bonchev–Trinajstić information content (AvgIpc) is 2.62. The van der Waals surface area contributed by atoms with Gasteiger partial charge in [0.1, 0.15) is 5.75 Å². The van der Waals surface area contributed by atoms with E-state index in [0.717, 1.165) is 11.1 Å². The Hall–Kier alpha value is -2.82. The summed E-state index contributed by atoms with van der Waals surface area (Å²) in [5.74, 6) is 0.273. The zero-order valence-corrected chi connectivity index (χ0v) is 13.9. The van der Waals surface area contributed by atoms with E-state index in [1.807, 2.05) is 54.6 Å². The van der Waals surface area contributed by atoms with Gasteiger partial charge in [-0.1, -0.05) is 42.5 Å². The molecule has 2 rings (SSSR count). The number of hydrogen-bond donors (Lipinski definition) is 2. The predicted molar refractivity (Wildman–Crippen MR) is 93.7 cm³/mol. The minimum absolute atomic E-state index is 0.111. The molecule has 5 nitrogen and oxygen atoms in total. The number of rotatable bonds is 7. The van der Waals surface area contributed by atoms with Crippen LogP contribution in [0.25, 0.3) is 11.1 Å². The molecule has 0 spiro atoms. The van der Waals surface area contributed by atoms with Gasteiger partial charge in [0.15, 0.2) is 6.10 Å². The zero-order chi connectivity index (χ0) is 17.4. The number of nitrogens with one attached hydrogen (secondary N) is 2. The molecule has 0 fully saturated rings. The van der Waals surface area contributed by atoms with Crippen LogP contribution >= 0.6 is 0 Å². The summed E-state index contributed by atoms with van der Waals surface area (Å²) in [4.78, 5) is 23.0. The highest BCUT2D eigenvalue weighted by Gasteiger charge is 2.14. The second-order valence-corrected chi connectivity index (χ2v) is 5.36. The highest BCUT2D eigenvalue weighted by Crippen LogP contribution is 2.22. The molecule has 2 aromatic carbocycles. The SMILES string of the molecule is CNC(=O)CCNC(=O)C(C)Oc1ccc(-c2ccccc2)cc1. The molecule has 126 valence electrons. The van der Waals surface area contributed by atoms with Crippen LogP contribution in [0.1, 0.15) is 13.3 Å². The fourth-order valence-electron chi connectivity index (χ4n) is 2.18. The summed E-state index contributed by atoms with van der Waals surface area (Å²) in [5, 5.41) is 5.19. The van der Waals surface area contributed by atoms with E-state index in [-0.39, 0.29) is 18.2 Å².